The Morgan fingerprint density at radius 2 is 2.17 bits per heavy atom. The van der Waals surface area contributed by atoms with Gasteiger partial charge in [-0.1, -0.05) is 15.9 Å². The fourth-order valence-corrected chi connectivity index (χ4v) is 4.47. The molecule has 24 heavy (non-hydrogen) atoms. The van der Waals surface area contributed by atoms with E-state index in [0.29, 0.717) is 9.13 Å². The lowest BCUT2D eigenvalue weighted by atomic mass is 10.2. The molecule has 2 amide bonds. The van der Waals surface area contributed by atoms with Gasteiger partial charge in [0.1, 0.15) is 11.8 Å². The highest BCUT2D eigenvalue weighted by Crippen LogP contribution is 2.37. The number of ether oxygens (including phenoxy) is 1. The van der Waals surface area contributed by atoms with Gasteiger partial charge in [-0.15, -0.1) is 0 Å². The molecule has 9 heteroatoms. The molecule has 1 aliphatic rings. The average molecular weight is 526 g/mol. The molecular formula is C15H13BrINO5S. The van der Waals surface area contributed by atoms with Gasteiger partial charge in [0.2, 0.25) is 0 Å². The third-order valence-corrected chi connectivity index (χ3v) is 5.35. The number of amides is 2. The minimum Gasteiger partial charge on any atom is -0.506 e. The van der Waals surface area contributed by atoms with Crippen LogP contribution in [0.1, 0.15) is 19.4 Å². The van der Waals surface area contributed by atoms with E-state index in [0.717, 1.165) is 21.1 Å². The van der Waals surface area contributed by atoms with Gasteiger partial charge < -0.3 is 9.84 Å². The summed E-state index contributed by atoms with van der Waals surface area (Å²) in [5.41, 5.74) is 0.406. The van der Waals surface area contributed by atoms with Gasteiger partial charge >= 0.3 is 5.97 Å². The van der Waals surface area contributed by atoms with Crippen LogP contribution in [0.2, 0.25) is 0 Å². The molecule has 1 N–H and O–H groups in total. The first-order valence-electron chi connectivity index (χ1n) is 6.88. The summed E-state index contributed by atoms with van der Waals surface area (Å²) in [5, 5.41) is 9.56. The van der Waals surface area contributed by atoms with Crippen LogP contribution >= 0.6 is 50.3 Å². The Labute approximate surface area is 164 Å². The van der Waals surface area contributed by atoms with E-state index in [4.69, 9.17) is 4.74 Å². The van der Waals surface area contributed by atoms with Crippen molar-refractivity contribution in [1.29, 1.82) is 0 Å². The lowest BCUT2D eigenvalue weighted by Gasteiger charge is -2.19. The first-order chi connectivity index (χ1) is 11.3. The second-order valence-electron chi connectivity index (χ2n) is 4.81. The third-order valence-electron chi connectivity index (χ3n) is 3.18. The van der Waals surface area contributed by atoms with Crippen LogP contribution in [0.3, 0.4) is 0 Å². The Bertz CT molecular complexity index is 752. The van der Waals surface area contributed by atoms with Gasteiger partial charge in [-0.3, -0.25) is 14.5 Å². The van der Waals surface area contributed by atoms with Crippen LogP contribution in [-0.4, -0.2) is 39.8 Å². The molecule has 0 aliphatic carbocycles. The van der Waals surface area contributed by atoms with Gasteiger partial charge in [-0.05, 0) is 66.4 Å². The van der Waals surface area contributed by atoms with E-state index in [1.165, 1.54) is 13.0 Å². The van der Waals surface area contributed by atoms with E-state index in [1.54, 1.807) is 19.1 Å². The maximum Gasteiger partial charge on any atom is 0.329 e. The van der Waals surface area contributed by atoms with Crippen LogP contribution in [0.5, 0.6) is 5.75 Å². The van der Waals surface area contributed by atoms with Gasteiger partial charge in [0, 0.05) is 10.0 Å². The summed E-state index contributed by atoms with van der Waals surface area (Å²) in [6.45, 7) is 3.26. The van der Waals surface area contributed by atoms with Crippen molar-refractivity contribution < 1.29 is 24.2 Å². The number of carbonyl (C=O) groups is 3. The van der Waals surface area contributed by atoms with Crippen LogP contribution < -0.4 is 0 Å². The maximum atomic E-state index is 12.5. The van der Waals surface area contributed by atoms with Gasteiger partial charge in [0.05, 0.1) is 15.1 Å². The van der Waals surface area contributed by atoms with Crippen LogP contribution in [0.15, 0.2) is 21.5 Å². The number of aromatic hydroxyl groups is 1. The molecule has 1 aromatic carbocycles. The smallest absolute Gasteiger partial charge is 0.329 e. The number of phenolic OH excluding ortho intramolecular Hbond substituents is 1. The molecule has 1 saturated heterocycles. The minimum atomic E-state index is -1.00. The van der Waals surface area contributed by atoms with Crippen molar-refractivity contribution in [2.24, 2.45) is 0 Å². The molecule has 0 saturated carbocycles. The summed E-state index contributed by atoms with van der Waals surface area (Å²) >= 11 is 6.01. The SMILES string of the molecule is CCOC(=O)[C@@H](C)N1C(=O)S/C(=C\c2cc(Br)cc(I)c2O)C1=O. The molecule has 128 valence electrons. The number of imide groups is 1. The number of carbonyl (C=O) groups excluding carboxylic acids is 3. The fraction of sp³-hybridized carbons (Fsp3) is 0.267. The molecule has 0 unspecified atom stereocenters. The predicted octanol–water partition coefficient (Wildman–Crippen LogP) is 3.75. The molecule has 1 heterocycles. The first-order valence-corrected chi connectivity index (χ1v) is 9.56. The summed E-state index contributed by atoms with van der Waals surface area (Å²) in [6.07, 6.45) is 1.44. The largest absolute Gasteiger partial charge is 0.506 e. The van der Waals surface area contributed by atoms with Crippen molar-refractivity contribution in [2.45, 2.75) is 19.9 Å². The fourth-order valence-electron chi connectivity index (χ4n) is 2.02. The molecular weight excluding hydrogens is 513 g/mol. The summed E-state index contributed by atoms with van der Waals surface area (Å²) in [5.74, 6) is -1.20. The van der Waals surface area contributed by atoms with Crippen LogP contribution in [0, 0.1) is 3.57 Å². The second kappa shape index (κ2) is 7.87. The average Bonchev–Trinajstić information content (AvgIpc) is 2.78. The third kappa shape index (κ3) is 3.94. The van der Waals surface area contributed by atoms with E-state index in [9.17, 15) is 19.5 Å². The maximum absolute atomic E-state index is 12.5. The highest BCUT2D eigenvalue weighted by Gasteiger charge is 2.41. The van der Waals surface area contributed by atoms with Crippen LogP contribution in [0.4, 0.5) is 4.79 Å². The molecule has 0 bridgehead atoms. The lowest BCUT2D eigenvalue weighted by Crippen LogP contribution is -2.42. The van der Waals surface area contributed by atoms with Crippen molar-refractivity contribution in [1.82, 2.24) is 4.90 Å². The van der Waals surface area contributed by atoms with Gasteiger partial charge in [0.25, 0.3) is 11.1 Å². The zero-order valence-corrected chi connectivity index (χ0v) is 17.3. The predicted molar refractivity (Wildman–Crippen MR) is 102 cm³/mol. The standard InChI is InChI=1S/C15H13BrINO5S/c1-3-23-14(21)7(2)18-13(20)11(24-15(18)22)5-8-4-9(16)6-10(17)12(8)19/h4-7,19H,3H2,1-2H3/b11-5-/t7-/m1/s1. The monoisotopic (exact) mass is 525 g/mol. The summed E-state index contributed by atoms with van der Waals surface area (Å²) in [7, 11) is 0. The van der Waals surface area contributed by atoms with Crippen molar-refractivity contribution in [3.8, 4) is 5.75 Å². The van der Waals surface area contributed by atoms with E-state index < -0.39 is 23.2 Å². The molecule has 1 aromatic rings. The van der Waals surface area contributed by atoms with Gasteiger partial charge in [0.15, 0.2) is 0 Å². The molecule has 1 aliphatic heterocycles. The number of thioether (sulfide) groups is 1. The number of esters is 1. The van der Waals surface area contributed by atoms with Crippen molar-refractivity contribution in [3.05, 3.63) is 30.6 Å². The molecule has 0 spiro atoms. The number of halogens is 2. The van der Waals surface area contributed by atoms with Gasteiger partial charge in [-0.25, -0.2) is 4.79 Å². The zero-order chi connectivity index (χ0) is 18.0. The van der Waals surface area contributed by atoms with Crippen molar-refractivity contribution in [3.63, 3.8) is 0 Å². The molecule has 0 aromatic heterocycles. The zero-order valence-electron chi connectivity index (χ0n) is 12.7. The normalized spacial score (nSPS) is 17.5. The Hall–Kier alpha value is -1.07. The highest BCUT2D eigenvalue weighted by atomic mass is 127. The van der Waals surface area contributed by atoms with Crippen LogP contribution in [-0.2, 0) is 14.3 Å². The summed E-state index contributed by atoms with van der Waals surface area (Å²) in [4.78, 5) is 37.4. The van der Waals surface area contributed by atoms with E-state index in [-0.39, 0.29) is 17.3 Å². The Morgan fingerprint density at radius 1 is 1.50 bits per heavy atom. The lowest BCUT2D eigenvalue weighted by molar-refractivity contribution is -0.150. The van der Waals surface area contributed by atoms with E-state index in [1.807, 2.05) is 22.6 Å². The van der Waals surface area contributed by atoms with Crippen molar-refractivity contribution >= 4 is 73.5 Å². The van der Waals surface area contributed by atoms with E-state index >= 15 is 0 Å². The minimum absolute atomic E-state index is 0.0176. The quantitative estimate of drug-likeness (QED) is 0.366. The molecule has 1 fully saturated rings. The number of benzene rings is 1. The molecule has 6 nitrogen and oxygen atoms in total. The van der Waals surface area contributed by atoms with Crippen LogP contribution in [0.25, 0.3) is 6.08 Å². The number of phenols is 1. The Kier molecular flexibility index (Phi) is 6.32. The molecule has 0 radical (unpaired) electrons. The number of hydrogen-bond acceptors (Lipinski definition) is 6. The Morgan fingerprint density at radius 3 is 2.79 bits per heavy atom. The number of nitrogens with zero attached hydrogens (tertiary/aromatic N) is 1. The molecule has 2 rings (SSSR count). The number of rotatable bonds is 4. The first kappa shape index (κ1) is 19.3. The number of hydrogen-bond donors (Lipinski definition) is 1. The second-order valence-corrected chi connectivity index (χ2v) is 7.88. The van der Waals surface area contributed by atoms with Gasteiger partial charge in [-0.2, -0.15) is 0 Å². The highest BCUT2D eigenvalue weighted by molar-refractivity contribution is 14.1. The molecule has 1 atom stereocenters. The summed E-state index contributed by atoms with van der Waals surface area (Å²) < 4.78 is 6.19. The summed E-state index contributed by atoms with van der Waals surface area (Å²) in [6, 6.07) is 2.36. The Balaban J connectivity index is 2.33. The topological polar surface area (TPSA) is 83.9 Å². The van der Waals surface area contributed by atoms with E-state index in [2.05, 4.69) is 15.9 Å². The van der Waals surface area contributed by atoms with Crippen molar-refractivity contribution in [2.75, 3.05) is 6.61 Å².